The van der Waals surface area contributed by atoms with Gasteiger partial charge in [0.15, 0.2) is 0 Å². The summed E-state index contributed by atoms with van der Waals surface area (Å²) in [6, 6.07) is 5.72. The van der Waals surface area contributed by atoms with E-state index in [1.54, 1.807) is 6.07 Å². The molecule has 0 spiro atoms. The number of aliphatic hydroxyl groups excluding tert-OH is 1. The highest BCUT2D eigenvalue weighted by atomic mass is 16.3. The summed E-state index contributed by atoms with van der Waals surface area (Å²) < 4.78 is 0. The van der Waals surface area contributed by atoms with Crippen LogP contribution in [0.25, 0.3) is 5.57 Å². The van der Waals surface area contributed by atoms with Crippen LogP contribution in [0, 0.1) is 0 Å². The van der Waals surface area contributed by atoms with E-state index in [9.17, 15) is 10.2 Å². The van der Waals surface area contributed by atoms with Gasteiger partial charge >= 0.3 is 0 Å². The van der Waals surface area contributed by atoms with Crippen molar-refractivity contribution in [2.24, 2.45) is 0 Å². The Bertz CT molecular complexity index is 509. The third-order valence-corrected chi connectivity index (χ3v) is 3.45. The van der Waals surface area contributed by atoms with Crippen molar-refractivity contribution < 1.29 is 10.2 Å². The SMILES string of the molecule is OC1=CC2=C(CC1)c1c(O)cccc1CC2. The molecule has 2 aliphatic rings. The van der Waals surface area contributed by atoms with E-state index < -0.39 is 0 Å². The van der Waals surface area contributed by atoms with Crippen molar-refractivity contribution in [3.8, 4) is 5.75 Å². The molecule has 0 aromatic heterocycles. The zero-order chi connectivity index (χ0) is 11.1. The Kier molecular flexibility index (Phi) is 2.03. The molecule has 2 heteroatoms. The number of fused-ring (bicyclic) bond motifs is 2. The maximum absolute atomic E-state index is 9.94. The van der Waals surface area contributed by atoms with E-state index >= 15 is 0 Å². The number of aromatic hydroxyl groups is 1. The molecule has 16 heavy (non-hydrogen) atoms. The van der Waals surface area contributed by atoms with Crippen molar-refractivity contribution >= 4 is 5.57 Å². The molecule has 2 nitrogen and oxygen atoms in total. The molecule has 0 atom stereocenters. The third-order valence-electron chi connectivity index (χ3n) is 3.45. The van der Waals surface area contributed by atoms with Crippen LogP contribution in [0.4, 0.5) is 0 Å². The van der Waals surface area contributed by atoms with E-state index in [4.69, 9.17) is 0 Å². The van der Waals surface area contributed by atoms with Gasteiger partial charge in [-0.05, 0) is 48.1 Å². The average Bonchev–Trinajstić information content (AvgIpc) is 2.29. The van der Waals surface area contributed by atoms with Gasteiger partial charge in [0.1, 0.15) is 5.75 Å². The van der Waals surface area contributed by atoms with E-state index in [1.807, 2.05) is 12.1 Å². The summed E-state index contributed by atoms with van der Waals surface area (Å²) >= 11 is 0. The number of aliphatic hydroxyl groups is 1. The molecule has 0 aliphatic heterocycles. The number of allylic oxidation sites excluding steroid dienone is 4. The first-order valence-electron chi connectivity index (χ1n) is 5.68. The zero-order valence-electron chi connectivity index (χ0n) is 9.03. The monoisotopic (exact) mass is 214 g/mol. The van der Waals surface area contributed by atoms with Crippen LogP contribution >= 0.6 is 0 Å². The van der Waals surface area contributed by atoms with Gasteiger partial charge in [-0.1, -0.05) is 12.1 Å². The minimum absolute atomic E-state index is 0.375. The van der Waals surface area contributed by atoms with Crippen LogP contribution in [-0.2, 0) is 6.42 Å². The molecule has 0 bridgehead atoms. The van der Waals surface area contributed by atoms with Gasteiger partial charge in [0.25, 0.3) is 0 Å². The number of hydrogen-bond acceptors (Lipinski definition) is 2. The Morgan fingerprint density at radius 2 is 1.81 bits per heavy atom. The first-order valence-corrected chi connectivity index (χ1v) is 5.68. The highest BCUT2D eigenvalue weighted by Crippen LogP contribution is 2.42. The third kappa shape index (κ3) is 1.33. The summed E-state index contributed by atoms with van der Waals surface area (Å²) in [5.74, 6) is 0.845. The van der Waals surface area contributed by atoms with E-state index in [0.717, 1.165) is 24.8 Å². The van der Waals surface area contributed by atoms with Crippen LogP contribution in [0.2, 0.25) is 0 Å². The van der Waals surface area contributed by atoms with E-state index in [-0.39, 0.29) is 0 Å². The molecule has 0 fully saturated rings. The molecule has 0 unspecified atom stereocenters. The van der Waals surface area contributed by atoms with Crippen molar-refractivity contribution in [1.82, 2.24) is 0 Å². The predicted octanol–water partition coefficient (Wildman–Crippen LogP) is 3.33. The second kappa shape index (κ2) is 3.41. The van der Waals surface area contributed by atoms with Crippen LogP contribution in [0.1, 0.15) is 30.4 Å². The van der Waals surface area contributed by atoms with Crippen molar-refractivity contribution in [1.29, 1.82) is 0 Å². The molecular formula is C14H14O2. The summed E-state index contributed by atoms with van der Waals surface area (Å²) in [7, 11) is 0. The smallest absolute Gasteiger partial charge is 0.123 e. The van der Waals surface area contributed by atoms with Gasteiger partial charge in [-0.3, -0.25) is 0 Å². The van der Waals surface area contributed by atoms with Gasteiger partial charge in [0.05, 0.1) is 5.76 Å². The fraction of sp³-hybridized carbons (Fsp3) is 0.286. The average molecular weight is 214 g/mol. The summed E-state index contributed by atoms with van der Waals surface area (Å²) in [5, 5.41) is 19.5. The Hall–Kier alpha value is -1.70. The zero-order valence-corrected chi connectivity index (χ0v) is 9.03. The van der Waals surface area contributed by atoms with Gasteiger partial charge in [0.2, 0.25) is 0 Å². The Balaban J connectivity index is 2.21. The Morgan fingerprint density at radius 1 is 0.938 bits per heavy atom. The molecule has 1 aromatic carbocycles. The number of rotatable bonds is 0. The fourth-order valence-electron chi connectivity index (χ4n) is 2.70. The minimum atomic E-state index is 0.375. The predicted molar refractivity (Wildman–Crippen MR) is 63.3 cm³/mol. The van der Waals surface area contributed by atoms with Crippen LogP contribution in [0.15, 0.2) is 35.6 Å². The Labute approximate surface area is 94.5 Å². The molecule has 0 radical (unpaired) electrons. The number of phenols is 1. The van der Waals surface area contributed by atoms with Gasteiger partial charge in [-0.15, -0.1) is 0 Å². The molecule has 3 rings (SSSR count). The molecule has 0 saturated carbocycles. The van der Waals surface area contributed by atoms with Gasteiger partial charge in [0, 0.05) is 12.0 Å². The van der Waals surface area contributed by atoms with Crippen molar-refractivity contribution in [3.63, 3.8) is 0 Å². The molecule has 0 saturated heterocycles. The summed E-state index contributed by atoms with van der Waals surface area (Å²) in [4.78, 5) is 0. The summed E-state index contributed by atoms with van der Waals surface area (Å²) in [6.45, 7) is 0. The van der Waals surface area contributed by atoms with Crippen molar-refractivity contribution in [2.45, 2.75) is 25.7 Å². The van der Waals surface area contributed by atoms with Crippen LogP contribution < -0.4 is 0 Å². The van der Waals surface area contributed by atoms with Crippen molar-refractivity contribution in [2.75, 3.05) is 0 Å². The van der Waals surface area contributed by atoms with Gasteiger partial charge in [-0.25, -0.2) is 0 Å². The molecule has 1 aromatic rings. The van der Waals surface area contributed by atoms with Gasteiger partial charge < -0.3 is 10.2 Å². The topological polar surface area (TPSA) is 40.5 Å². The molecule has 2 aliphatic carbocycles. The van der Waals surface area contributed by atoms with Crippen LogP contribution in [-0.4, -0.2) is 10.2 Å². The van der Waals surface area contributed by atoms with E-state index in [2.05, 4.69) is 6.07 Å². The summed E-state index contributed by atoms with van der Waals surface area (Å²) in [5.41, 5.74) is 4.65. The number of aryl methyl sites for hydroxylation is 1. The normalized spacial score (nSPS) is 18.9. The molecule has 0 amide bonds. The highest BCUT2D eigenvalue weighted by molar-refractivity contribution is 5.79. The largest absolute Gasteiger partial charge is 0.512 e. The van der Waals surface area contributed by atoms with Crippen molar-refractivity contribution in [3.05, 3.63) is 46.7 Å². The number of hydrogen-bond donors (Lipinski definition) is 2. The van der Waals surface area contributed by atoms with Crippen LogP contribution in [0.5, 0.6) is 5.75 Å². The molecule has 0 heterocycles. The highest BCUT2D eigenvalue weighted by Gasteiger charge is 2.23. The first kappa shape index (κ1) is 9.52. The van der Waals surface area contributed by atoms with E-state index in [1.165, 1.54) is 16.7 Å². The second-order valence-electron chi connectivity index (χ2n) is 4.45. The van der Waals surface area contributed by atoms with Crippen LogP contribution in [0.3, 0.4) is 0 Å². The maximum Gasteiger partial charge on any atom is 0.123 e. The number of benzene rings is 1. The quantitative estimate of drug-likeness (QED) is 0.695. The molecule has 2 N–H and O–H groups in total. The second-order valence-corrected chi connectivity index (χ2v) is 4.45. The van der Waals surface area contributed by atoms with Gasteiger partial charge in [-0.2, -0.15) is 0 Å². The lowest BCUT2D eigenvalue weighted by molar-refractivity contribution is 0.386. The lowest BCUT2D eigenvalue weighted by Gasteiger charge is -2.25. The van der Waals surface area contributed by atoms with E-state index in [0.29, 0.717) is 17.9 Å². The Morgan fingerprint density at radius 3 is 2.69 bits per heavy atom. The molecule has 82 valence electrons. The number of phenolic OH excluding ortho intramolecular Hbond substituents is 1. The summed E-state index contributed by atoms with van der Waals surface area (Å²) in [6.07, 6.45) is 5.31. The first-order chi connectivity index (χ1) is 7.75. The fourth-order valence-corrected chi connectivity index (χ4v) is 2.70. The standard InChI is InChI=1S/C14H14O2/c15-11-6-7-12-10(8-11)5-4-9-2-1-3-13(16)14(9)12/h1-3,8,15-16H,4-7H2. The molecular weight excluding hydrogens is 200 g/mol. The lowest BCUT2D eigenvalue weighted by Crippen LogP contribution is -2.08. The lowest BCUT2D eigenvalue weighted by atomic mass is 9.80. The maximum atomic E-state index is 9.94. The minimum Gasteiger partial charge on any atom is -0.512 e.